The number of phenols is 1. The first-order valence-electron chi connectivity index (χ1n) is 13.8. The summed E-state index contributed by atoms with van der Waals surface area (Å²) in [6.07, 6.45) is 0.639. The van der Waals surface area contributed by atoms with Crippen molar-refractivity contribution in [1.29, 1.82) is 0 Å². The molecule has 40 heavy (non-hydrogen) atoms. The summed E-state index contributed by atoms with van der Waals surface area (Å²) in [5, 5.41) is 14.6. The molecule has 2 atom stereocenters. The van der Waals surface area contributed by atoms with E-state index in [9.17, 15) is 19.5 Å². The Hall–Kier alpha value is -3.85. The molecule has 0 saturated carbocycles. The van der Waals surface area contributed by atoms with Gasteiger partial charge in [-0.25, -0.2) is 4.79 Å². The lowest BCUT2D eigenvalue weighted by atomic mass is 9.97. The number of aromatic hydroxyl groups is 1. The Morgan fingerprint density at radius 2 is 1.73 bits per heavy atom. The number of phenolic OH excluding ortho intramolecular Hbond substituents is 1. The molecule has 0 radical (unpaired) electrons. The van der Waals surface area contributed by atoms with Gasteiger partial charge in [-0.1, -0.05) is 55.8 Å². The van der Waals surface area contributed by atoms with Gasteiger partial charge in [-0.15, -0.1) is 11.3 Å². The second-order valence-electron chi connectivity index (χ2n) is 11.1. The highest BCUT2D eigenvalue weighted by Gasteiger charge is 2.46. The molecule has 0 spiro atoms. The number of urea groups is 1. The van der Waals surface area contributed by atoms with Gasteiger partial charge in [-0.2, -0.15) is 0 Å². The van der Waals surface area contributed by atoms with Crippen molar-refractivity contribution in [3.63, 3.8) is 0 Å². The number of fused-ring (bicyclic) bond motifs is 2. The highest BCUT2D eigenvalue weighted by atomic mass is 32.1. The number of anilines is 1. The molecule has 3 heterocycles. The number of nitrogens with one attached hydrogen (secondary N) is 1. The SMILES string of the molecule is Cc1ccc(CNC(=O)N2c3ccsc3C(=O)N3C[C@@H](Cc4ccc(O)cc4)C(=O)N(CCC(C)C)CC32)cc1. The van der Waals surface area contributed by atoms with Crippen LogP contribution in [0.3, 0.4) is 0 Å². The maximum absolute atomic E-state index is 13.9. The molecule has 2 N–H and O–H groups in total. The van der Waals surface area contributed by atoms with E-state index in [1.165, 1.54) is 11.3 Å². The third-order valence-corrected chi connectivity index (χ3v) is 8.55. The van der Waals surface area contributed by atoms with Crippen molar-refractivity contribution >= 4 is 34.9 Å². The molecule has 1 fully saturated rings. The molecule has 2 aliphatic heterocycles. The van der Waals surface area contributed by atoms with Crippen LogP contribution >= 0.6 is 11.3 Å². The number of carbonyl (C=O) groups excluding carboxylic acids is 3. The monoisotopic (exact) mass is 560 g/mol. The molecule has 1 saturated heterocycles. The minimum atomic E-state index is -0.617. The smallest absolute Gasteiger partial charge is 0.323 e. The zero-order valence-corrected chi connectivity index (χ0v) is 24.0. The van der Waals surface area contributed by atoms with Gasteiger partial charge in [0.2, 0.25) is 5.91 Å². The molecule has 210 valence electrons. The Kier molecular flexibility index (Phi) is 8.12. The Balaban J connectivity index is 1.46. The van der Waals surface area contributed by atoms with Gasteiger partial charge in [0.05, 0.1) is 18.2 Å². The highest BCUT2D eigenvalue weighted by molar-refractivity contribution is 7.12. The van der Waals surface area contributed by atoms with Crippen molar-refractivity contribution in [2.75, 3.05) is 24.5 Å². The number of rotatable bonds is 7. The summed E-state index contributed by atoms with van der Waals surface area (Å²) in [5.41, 5.74) is 3.63. The van der Waals surface area contributed by atoms with Crippen LogP contribution in [0, 0.1) is 18.8 Å². The van der Waals surface area contributed by atoms with Gasteiger partial charge in [0, 0.05) is 19.6 Å². The molecule has 4 amide bonds. The molecule has 1 unspecified atom stereocenters. The van der Waals surface area contributed by atoms with Crippen molar-refractivity contribution in [1.82, 2.24) is 15.1 Å². The molecule has 8 nitrogen and oxygen atoms in total. The zero-order valence-electron chi connectivity index (χ0n) is 23.2. The fraction of sp³-hybridized carbons (Fsp3) is 0.387. The number of thiophene rings is 1. The van der Waals surface area contributed by atoms with Crippen molar-refractivity contribution in [2.45, 2.75) is 46.3 Å². The van der Waals surface area contributed by atoms with E-state index in [-0.39, 0.29) is 36.7 Å². The van der Waals surface area contributed by atoms with E-state index < -0.39 is 12.1 Å². The number of benzene rings is 2. The van der Waals surface area contributed by atoms with Crippen molar-refractivity contribution in [3.8, 4) is 5.75 Å². The summed E-state index contributed by atoms with van der Waals surface area (Å²) in [5.74, 6) is -0.0675. The minimum absolute atomic E-state index is 0.0145. The Bertz CT molecular complexity index is 1370. The quantitative estimate of drug-likeness (QED) is 0.425. The number of nitrogens with zero attached hydrogens (tertiary/aromatic N) is 3. The van der Waals surface area contributed by atoms with Gasteiger partial charge in [0.1, 0.15) is 16.8 Å². The Morgan fingerprint density at radius 3 is 2.42 bits per heavy atom. The lowest BCUT2D eigenvalue weighted by Crippen LogP contribution is -2.61. The van der Waals surface area contributed by atoms with Crippen LogP contribution in [-0.2, 0) is 17.8 Å². The van der Waals surface area contributed by atoms with Crippen LogP contribution in [0.25, 0.3) is 0 Å². The standard InChI is InChI=1S/C31H36N4O4S/c1-20(2)12-14-33-19-27-34(18-24(29(33)37)16-22-8-10-25(36)11-9-22)30(38)28-26(13-15-40-28)35(27)31(39)32-17-23-6-4-21(3)5-7-23/h4-11,13,15,20,24,27,36H,12,14,16-19H2,1-3H3,(H,32,39)/t24-,27?/m1/s1. The van der Waals surface area contributed by atoms with Crippen LogP contribution in [0.4, 0.5) is 10.5 Å². The molecule has 3 aromatic rings. The molecule has 1 aromatic heterocycles. The molecule has 2 aliphatic rings. The number of carbonyl (C=O) groups is 3. The molecule has 5 rings (SSSR count). The molecule has 9 heteroatoms. The Labute approximate surface area is 239 Å². The van der Waals surface area contributed by atoms with Gasteiger partial charge < -0.3 is 20.2 Å². The van der Waals surface area contributed by atoms with Gasteiger partial charge in [0.15, 0.2) is 0 Å². The first-order valence-corrected chi connectivity index (χ1v) is 14.7. The van der Waals surface area contributed by atoms with E-state index in [4.69, 9.17) is 0 Å². The second kappa shape index (κ2) is 11.7. The van der Waals surface area contributed by atoms with Crippen molar-refractivity contribution in [3.05, 3.63) is 81.5 Å². The van der Waals surface area contributed by atoms with E-state index in [0.29, 0.717) is 36.0 Å². The van der Waals surface area contributed by atoms with Gasteiger partial charge in [0.25, 0.3) is 5.91 Å². The molecule has 2 aromatic carbocycles. The number of hydrogen-bond acceptors (Lipinski definition) is 5. The van der Waals surface area contributed by atoms with Crippen LogP contribution < -0.4 is 10.2 Å². The fourth-order valence-corrected chi connectivity index (χ4v) is 6.20. The van der Waals surface area contributed by atoms with E-state index in [1.54, 1.807) is 21.9 Å². The van der Waals surface area contributed by atoms with Gasteiger partial charge in [-0.05, 0) is 60.4 Å². The molecule has 0 aliphatic carbocycles. The maximum Gasteiger partial charge on any atom is 0.323 e. The number of hydrogen-bond donors (Lipinski definition) is 2. The lowest BCUT2D eigenvalue weighted by Gasteiger charge is -2.43. The van der Waals surface area contributed by atoms with E-state index in [1.807, 2.05) is 59.7 Å². The number of aryl methyl sites for hydroxylation is 1. The first kappa shape index (κ1) is 27.7. The summed E-state index contributed by atoms with van der Waals surface area (Å²) in [6.45, 7) is 7.63. The predicted octanol–water partition coefficient (Wildman–Crippen LogP) is 5.01. The van der Waals surface area contributed by atoms with E-state index in [0.717, 1.165) is 23.1 Å². The summed E-state index contributed by atoms with van der Waals surface area (Å²) >= 11 is 1.32. The maximum atomic E-state index is 13.9. The first-order chi connectivity index (χ1) is 19.2. The summed E-state index contributed by atoms with van der Waals surface area (Å²) in [7, 11) is 0. The average Bonchev–Trinajstić information content (AvgIpc) is 3.37. The van der Waals surface area contributed by atoms with Gasteiger partial charge in [-0.3, -0.25) is 14.5 Å². The van der Waals surface area contributed by atoms with Crippen molar-refractivity contribution < 1.29 is 19.5 Å². The topological polar surface area (TPSA) is 93.2 Å². The molecule has 0 bridgehead atoms. The summed E-state index contributed by atoms with van der Waals surface area (Å²) in [6, 6.07) is 16.4. The van der Waals surface area contributed by atoms with Crippen molar-refractivity contribution in [2.24, 2.45) is 11.8 Å². The van der Waals surface area contributed by atoms with Crippen LogP contribution in [-0.4, -0.2) is 58.6 Å². The normalized spacial score (nSPS) is 18.9. The largest absolute Gasteiger partial charge is 0.508 e. The lowest BCUT2D eigenvalue weighted by molar-refractivity contribution is -0.134. The van der Waals surface area contributed by atoms with Crippen LogP contribution in [0.15, 0.2) is 60.0 Å². The average molecular weight is 561 g/mol. The zero-order chi connectivity index (χ0) is 28.4. The van der Waals surface area contributed by atoms with E-state index in [2.05, 4.69) is 19.2 Å². The number of amides is 4. The summed E-state index contributed by atoms with van der Waals surface area (Å²) in [4.78, 5) is 47.2. The van der Waals surface area contributed by atoms with E-state index >= 15 is 0 Å². The Morgan fingerprint density at radius 1 is 1.02 bits per heavy atom. The molecular weight excluding hydrogens is 524 g/mol. The van der Waals surface area contributed by atoms with Crippen LogP contribution in [0.1, 0.15) is 46.6 Å². The third-order valence-electron chi connectivity index (χ3n) is 7.66. The van der Waals surface area contributed by atoms with Gasteiger partial charge >= 0.3 is 6.03 Å². The highest BCUT2D eigenvalue weighted by Crippen LogP contribution is 2.37. The third kappa shape index (κ3) is 5.84. The second-order valence-corrected chi connectivity index (χ2v) is 12.0. The molecular formula is C31H36N4O4S. The van der Waals surface area contributed by atoms with Crippen LogP contribution in [0.5, 0.6) is 5.75 Å². The predicted molar refractivity (Wildman–Crippen MR) is 156 cm³/mol. The van der Waals surface area contributed by atoms with Crippen LogP contribution in [0.2, 0.25) is 0 Å². The minimum Gasteiger partial charge on any atom is -0.508 e. The fourth-order valence-electron chi connectivity index (χ4n) is 5.36. The summed E-state index contributed by atoms with van der Waals surface area (Å²) < 4.78 is 0.